The summed E-state index contributed by atoms with van der Waals surface area (Å²) in [6.45, 7) is 11.3. The van der Waals surface area contributed by atoms with Crippen LogP contribution in [-0.4, -0.2) is 18.5 Å². The van der Waals surface area contributed by atoms with Crippen LogP contribution in [0.15, 0.2) is 18.2 Å². The second kappa shape index (κ2) is 7.21. The van der Waals surface area contributed by atoms with Gasteiger partial charge in [-0.3, -0.25) is 0 Å². The van der Waals surface area contributed by atoms with Gasteiger partial charge in [0.1, 0.15) is 5.82 Å². The Balaban J connectivity index is 1.87. The zero-order valence-corrected chi connectivity index (χ0v) is 15.4. The standard InChI is InChI=1S/C20H28FNO2/c1-14(16-9-15(12-22)10-17(21)11-16)7-6-8-18-23-13-19(2,3)20(4,5)24-18/h9-11,14,18H,6-8,13H2,1-5H3. The largest absolute Gasteiger partial charge is 0.352 e. The van der Waals surface area contributed by atoms with Crippen LogP contribution in [0.25, 0.3) is 0 Å². The van der Waals surface area contributed by atoms with Gasteiger partial charge in [0.15, 0.2) is 6.29 Å². The molecule has 1 aliphatic rings. The number of hydrogen-bond donors (Lipinski definition) is 0. The lowest BCUT2D eigenvalue weighted by atomic mass is 9.77. The number of nitrogens with zero attached hydrogens (tertiary/aromatic N) is 1. The Morgan fingerprint density at radius 1 is 1.29 bits per heavy atom. The van der Waals surface area contributed by atoms with Gasteiger partial charge in [-0.2, -0.15) is 5.26 Å². The summed E-state index contributed by atoms with van der Waals surface area (Å²) in [5, 5.41) is 8.96. The smallest absolute Gasteiger partial charge is 0.158 e. The van der Waals surface area contributed by atoms with Gasteiger partial charge in [-0.15, -0.1) is 0 Å². The lowest BCUT2D eigenvalue weighted by Crippen LogP contribution is -2.52. The van der Waals surface area contributed by atoms with Gasteiger partial charge in [-0.05, 0) is 62.8 Å². The van der Waals surface area contributed by atoms with Crippen molar-refractivity contribution in [3.05, 3.63) is 35.1 Å². The molecule has 24 heavy (non-hydrogen) atoms. The normalized spacial score (nSPS) is 23.5. The molecule has 0 amide bonds. The molecule has 132 valence electrons. The van der Waals surface area contributed by atoms with Crippen molar-refractivity contribution in [1.82, 2.24) is 0 Å². The maximum absolute atomic E-state index is 13.6. The lowest BCUT2D eigenvalue weighted by Gasteiger charge is -2.48. The van der Waals surface area contributed by atoms with E-state index in [1.165, 1.54) is 12.1 Å². The molecule has 3 nitrogen and oxygen atoms in total. The van der Waals surface area contributed by atoms with E-state index in [-0.39, 0.29) is 29.0 Å². The van der Waals surface area contributed by atoms with E-state index in [1.54, 1.807) is 6.07 Å². The van der Waals surface area contributed by atoms with Gasteiger partial charge < -0.3 is 9.47 Å². The summed E-state index contributed by atoms with van der Waals surface area (Å²) in [4.78, 5) is 0. The maximum atomic E-state index is 13.6. The first-order valence-corrected chi connectivity index (χ1v) is 8.64. The number of halogens is 1. The van der Waals surface area contributed by atoms with E-state index in [0.29, 0.717) is 12.2 Å². The van der Waals surface area contributed by atoms with Crippen LogP contribution >= 0.6 is 0 Å². The van der Waals surface area contributed by atoms with Crippen LogP contribution in [0.1, 0.15) is 70.9 Å². The van der Waals surface area contributed by atoms with E-state index < -0.39 is 0 Å². The second-order valence-electron chi connectivity index (χ2n) is 7.97. The van der Waals surface area contributed by atoms with Crippen molar-refractivity contribution in [3.63, 3.8) is 0 Å². The molecule has 0 aliphatic carbocycles. The van der Waals surface area contributed by atoms with Crippen molar-refractivity contribution in [2.45, 2.75) is 71.7 Å². The summed E-state index contributed by atoms with van der Waals surface area (Å²) in [5.41, 5.74) is 1.02. The van der Waals surface area contributed by atoms with Gasteiger partial charge >= 0.3 is 0 Å². The summed E-state index contributed by atoms with van der Waals surface area (Å²) in [5.74, 6) is -0.153. The van der Waals surface area contributed by atoms with Crippen LogP contribution in [0.2, 0.25) is 0 Å². The minimum Gasteiger partial charge on any atom is -0.352 e. The topological polar surface area (TPSA) is 42.2 Å². The molecule has 0 bridgehead atoms. The van der Waals surface area contributed by atoms with Crippen molar-refractivity contribution in [2.24, 2.45) is 5.41 Å². The van der Waals surface area contributed by atoms with Gasteiger partial charge in [-0.1, -0.05) is 20.8 Å². The molecule has 2 atom stereocenters. The van der Waals surface area contributed by atoms with Gasteiger partial charge in [0.2, 0.25) is 0 Å². The molecule has 1 heterocycles. The third-order valence-electron chi connectivity index (χ3n) is 5.38. The van der Waals surface area contributed by atoms with Crippen LogP contribution in [0, 0.1) is 22.6 Å². The predicted molar refractivity (Wildman–Crippen MR) is 92.1 cm³/mol. The quantitative estimate of drug-likeness (QED) is 0.748. The number of nitriles is 1. The van der Waals surface area contributed by atoms with Gasteiger partial charge in [0.25, 0.3) is 0 Å². The van der Waals surface area contributed by atoms with Crippen molar-refractivity contribution < 1.29 is 13.9 Å². The van der Waals surface area contributed by atoms with Gasteiger partial charge in [-0.25, -0.2) is 4.39 Å². The first-order chi connectivity index (χ1) is 11.1. The Bertz CT molecular complexity index is 619. The molecule has 2 unspecified atom stereocenters. The molecule has 0 spiro atoms. The molecule has 0 aromatic heterocycles. The maximum Gasteiger partial charge on any atom is 0.158 e. The molecule has 2 rings (SSSR count). The minimum atomic E-state index is -0.348. The Hall–Kier alpha value is -1.44. The molecule has 0 N–H and O–H groups in total. The molecule has 0 saturated carbocycles. The van der Waals surface area contributed by atoms with Crippen LogP contribution < -0.4 is 0 Å². The van der Waals surface area contributed by atoms with Crippen molar-refractivity contribution >= 4 is 0 Å². The first kappa shape index (κ1) is 18.9. The molecule has 4 heteroatoms. The fourth-order valence-corrected chi connectivity index (χ4v) is 2.86. The van der Waals surface area contributed by atoms with E-state index in [4.69, 9.17) is 14.7 Å². The van der Waals surface area contributed by atoms with Crippen LogP contribution in [0.3, 0.4) is 0 Å². The number of benzene rings is 1. The monoisotopic (exact) mass is 333 g/mol. The highest BCUT2D eigenvalue weighted by Crippen LogP contribution is 2.40. The Labute approximate surface area is 144 Å². The van der Waals surface area contributed by atoms with E-state index in [2.05, 4.69) is 34.6 Å². The van der Waals surface area contributed by atoms with E-state index in [1.807, 2.05) is 6.07 Å². The van der Waals surface area contributed by atoms with Crippen molar-refractivity contribution in [2.75, 3.05) is 6.61 Å². The number of rotatable bonds is 5. The molecule has 1 fully saturated rings. The van der Waals surface area contributed by atoms with E-state index in [0.717, 1.165) is 24.8 Å². The molecule has 1 saturated heterocycles. The van der Waals surface area contributed by atoms with Crippen LogP contribution in [-0.2, 0) is 9.47 Å². The van der Waals surface area contributed by atoms with Gasteiger partial charge in [0, 0.05) is 5.41 Å². The Morgan fingerprint density at radius 2 is 2.00 bits per heavy atom. The average Bonchev–Trinajstić information content (AvgIpc) is 2.50. The third-order valence-corrected chi connectivity index (χ3v) is 5.38. The zero-order chi connectivity index (χ0) is 18.0. The Kier molecular flexibility index (Phi) is 5.67. The predicted octanol–water partition coefficient (Wildman–Crippen LogP) is 5.15. The highest BCUT2D eigenvalue weighted by atomic mass is 19.1. The minimum absolute atomic E-state index is 0.00788. The highest BCUT2D eigenvalue weighted by molar-refractivity contribution is 5.35. The summed E-state index contributed by atoms with van der Waals surface area (Å²) in [6, 6.07) is 6.56. The molecular formula is C20H28FNO2. The third kappa shape index (κ3) is 4.34. The number of hydrogen-bond acceptors (Lipinski definition) is 3. The molecule has 1 aromatic carbocycles. The van der Waals surface area contributed by atoms with Crippen LogP contribution in [0.4, 0.5) is 4.39 Å². The summed E-state index contributed by atoms with van der Waals surface area (Å²) in [6.07, 6.45) is 2.48. The molecule has 1 aromatic rings. The van der Waals surface area contributed by atoms with E-state index >= 15 is 0 Å². The molecule has 0 radical (unpaired) electrons. The average molecular weight is 333 g/mol. The van der Waals surface area contributed by atoms with Gasteiger partial charge in [0.05, 0.1) is 23.8 Å². The van der Waals surface area contributed by atoms with Crippen molar-refractivity contribution in [1.29, 1.82) is 5.26 Å². The summed E-state index contributed by atoms with van der Waals surface area (Å²) >= 11 is 0. The van der Waals surface area contributed by atoms with Crippen LogP contribution in [0.5, 0.6) is 0 Å². The fourth-order valence-electron chi connectivity index (χ4n) is 2.86. The number of ether oxygens (including phenoxy) is 2. The fraction of sp³-hybridized carbons (Fsp3) is 0.650. The highest BCUT2D eigenvalue weighted by Gasteiger charge is 2.44. The SMILES string of the molecule is CC(CCCC1OCC(C)(C)C(C)(C)O1)c1cc(F)cc(C#N)c1. The van der Waals surface area contributed by atoms with Crippen molar-refractivity contribution in [3.8, 4) is 6.07 Å². The molecular weight excluding hydrogens is 305 g/mol. The summed E-state index contributed by atoms with van der Waals surface area (Å²) < 4.78 is 25.5. The second-order valence-corrected chi connectivity index (χ2v) is 7.97. The lowest BCUT2D eigenvalue weighted by molar-refractivity contribution is -0.297. The first-order valence-electron chi connectivity index (χ1n) is 8.64. The zero-order valence-electron chi connectivity index (χ0n) is 15.4. The molecule has 1 aliphatic heterocycles. The Morgan fingerprint density at radius 3 is 2.62 bits per heavy atom. The van der Waals surface area contributed by atoms with E-state index in [9.17, 15) is 4.39 Å². The summed E-state index contributed by atoms with van der Waals surface area (Å²) in [7, 11) is 0.